The molecule has 4 aliphatic rings. The van der Waals surface area contributed by atoms with Gasteiger partial charge in [0.15, 0.2) is 23.7 Å². The Morgan fingerprint density at radius 1 is 1.31 bits per heavy atom. The van der Waals surface area contributed by atoms with Gasteiger partial charge in [0.05, 0.1) is 13.7 Å². The topological polar surface area (TPSA) is 151 Å². The number of anilines is 3. The highest BCUT2D eigenvalue weighted by Gasteiger charge is 2.62. The van der Waals surface area contributed by atoms with Gasteiger partial charge < -0.3 is 29.4 Å². The number of nitrogens with zero attached hydrogens (tertiary/aromatic N) is 4. The number of hydrogen-bond acceptors (Lipinski definition) is 10. The quantitative estimate of drug-likeness (QED) is 0.645. The summed E-state index contributed by atoms with van der Waals surface area (Å²) < 4.78 is 29.1. The summed E-state index contributed by atoms with van der Waals surface area (Å²) in [5.74, 6) is -0.442. The summed E-state index contributed by atoms with van der Waals surface area (Å²) in [5.41, 5.74) is 5.44. The first kappa shape index (κ1) is 18.3. The smallest absolute Gasteiger partial charge is 0.417 e. The van der Waals surface area contributed by atoms with E-state index in [9.17, 15) is 9.59 Å². The Hall–Kier alpha value is -2.74. The second kappa shape index (κ2) is 6.13. The van der Waals surface area contributed by atoms with Crippen molar-refractivity contribution >= 4 is 29.4 Å². The molecule has 3 N–H and O–H groups in total. The summed E-state index contributed by atoms with van der Waals surface area (Å²) in [7, 11) is 1.24. The van der Waals surface area contributed by atoms with Crippen LogP contribution in [0.25, 0.3) is 0 Å². The molecule has 5 atom stereocenters. The van der Waals surface area contributed by atoms with Gasteiger partial charge in [-0.25, -0.2) is 24.5 Å². The van der Waals surface area contributed by atoms with E-state index in [0.717, 1.165) is 0 Å². The molecule has 1 aromatic heterocycles. The van der Waals surface area contributed by atoms with Gasteiger partial charge in [0.2, 0.25) is 6.35 Å². The lowest BCUT2D eigenvalue weighted by Crippen LogP contribution is -2.55. The van der Waals surface area contributed by atoms with Crippen LogP contribution in [0.3, 0.4) is 0 Å². The van der Waals surface area contributed by atoms with Crippen LogP contribution >= 0.6 is 0 Å². The van der Waals surface area contributed by atoms with Gasteiger partial charge in [-0.3, -0.25) is 10.2 Å². The molecule has 3 fully saturated rings. The summed E-state index contributed by atoms with van der Waals surface area (Å²) in [6.07, 6.45) is -2.22. The molecule has 29 heavy (non-hydrogen) atoms. The molecule has 5 heterocycles. The number of hydrogen-bond donors (Lipinski definition) is 2. The molecule has 0 aromatic carbocycles. The Balaban J connectivity index is 1.62. The number of amides is 3. The van der Waals surface area contributed by atoms with Gasteiger partial charge >= 0.3 is 12.1 Å². The molecule has 0 saturated carbocycles. The van der Waals surface area contributed by atoms with E-state index >= 15 is 0 Å². The maximum Gasteiger partial charge on any atom is 0.417 e. The summed E-state index contributed by atoms with van der Waals surface area (Å²) in [6.45, 7) is 3.79. The summed E-state index contributed by atoms with van der Waals surface area (Å²) in [6, 6.07) is -0.842. The van der Waals surface area contributed by atoms with Crippen LogP contribution in [0.1, 0.15) is 13.8 Å². The van der Waals surface area contributed by atoms with Crippen molar-refractivity contribution in [2.75, 3.05) is 28.8 Å². The third-order valence-electron chi connectivity index (χ3n) is 5.17. The Bertz CT molecular complexity index is 881. The van der Waals surface area contributed by atoms with Crippen molar-refractivity contribution in [1.82, 2.24) is 9.97 Å². The maximum atomic E-state index is 12.6. The van der Waals surface area contributed by atoms with E-state index in [1.165, 1.54) is 18.3 Å². The molecule has 3 amide bonds. The standard InChI is InChI=1S/C16H20N6O7/c1-16(2)28-8-6-4-26-14-21(15(24)25-3)7-10(20-13(17)23)18-5-19-11(7)22(14)12(27-6)9(8)29-16/h5-6,8-9,12,14H,4H2,1-3H3,(H3,17,18,19,20,23)/t6-,8-,9-,12-,14+/m1/s1. The Morgan fingerprint density at radius 3 is 2.79 bits per heavy atom. The minimum absolute atomic E-state index is 0.0413. The fourth-order valence-electron chi connectivity index (χ4n) is 4.21. The van der Waals surface area contributed by atoms with Gasteiger partial charge in [0.25, 0.3) is 0 Å². The molecule has 1 aromatic rings. The molecular weight excluding hydrogens is 388 g/mol. The highest BCUT2D eigenvalue weighted by atomic mass is 16.8. The van der Waals surface area contributed by atoms with E-state index in [2.05, 4.69) is 15.3 Å². The average Bonchev–Trinajstić information content (AvgIpc) is 3.19. The van der Waals surface area contributed by atoms with Crippen molar-refractivity contribution < 1.29 is 33.3 Å². The monoisotopic (exact) mass is 408 g/mol. The second-order valence-corrected chi connectivity index (χ2v) is 7.42. The molecule has 0 unspecified atom stereocenters. The van der Waals surface area contributed by atoms with Crippen molar-refractivity contribution in [1.29, 1.82) is 0 Å². The molecule has 0 aliphatic carbocycles. The van der Waals surface area contributed by atoms with Crippen LogP contribution in [0.15, 0.2) is 6.33 Å². The molecule has 156 valence electrons. The van der Waals surface area contributed by atoms with Gasteiger partial charge in [0, 0.05) is 0 Å². The van der Waals surface area contributed by atoms with Crippen molar-refractivity contribution in [3.05, 3.63) is 6.33 Å². The first-order chi connectivity index (χ1) is 13.8. The summed E-state index contributed by atoms with van der Waals surface area (Å²) in [5, 5.41) is 2.40. The van der Waals surface area contributed by atoms with Crippen LogP contribution in [0, 0.1) is 0 Å². The number of fused-ring (bicyclic) bond motifs is 9. The van der Waals surface area contributed by atoms with E-state index in [1.54, 1.807) is 4.90 Å². The third kappa shape index (κ3) is 2.62. The molecule has 13 heteroatoms. The van der Waals surface area contributed by atoms with E-state index in [-0.39, 0.29) is 30.3 Å². The minimum atomic E-state index is -0.939. The number of methoxy groups -OCH3 is 1. The van der Waals surface area contributed by atoms with Gasteiger partial charge in [-0.2, -0.15) is 0 Å². The fourth-order valence-corrected chi connectivity index (χ4v) is 4.21. The van der Waals surface area contributed by atoms with Crippen molar-refractivity contribution in [2.24, 2.45) is 5.73 Å². The number of carbonyl (C=O) groups is 2. The molecule has 3 saturated heterocycles. The number of rotatable bonds is 1. The molecule has 2 bridgehead atoms. The van der Waals surface area contributed by atoms with Crippen LogP contribution in [0.5, 0.6) is 0 Å². The Morgan fingerprint density at radius 2 is 2.07 bits per heavy atom. The third-order valence-corrected chi connectivity index (χ3v) is 5.17. The minimum Gasteiger partial charge on any atom is -0.452 e. The molecule has 0 radical (unpaired) electrons. The number of carbonyl (C=O) groups excluding carboxylic acids is 2. The first-order valence-electron chi connectivity index (χ1n) is 9.00. The number of nitrogens with one attached hydrogen (secondary N) is 1. The normalized spacial score (nSPS) is 33.6. The number of aromatic nitrogens is 2. The van der Waals surface area contributed by atoms with Crippen LogP contribution in [0.2, 0.25) is 0 Å². The number of urea groups is 1. The highest BCUT2D eigenvalue weighted by Crippen LogP contribution is 2.50. The molecule has 13 nitrogen and oxygen atoms in total. The zero-order valence-corrected chi connectivity index (χ0v) is 15.9. The van der Waals surface area contributed by atoms with Crippen molar-refractivity contribution in [3.63, 3.8) is 0 Å². The van der Waals surface area contributed by atoms with Gasteiger partial charge in [-0.05, 0) is 13.8 Å². The predicted octanol–water partition coefficient (Wildman–Crippen LogP) is -0.0812. The summed E-state index contributed by atoms with van der Waals surface area (Å²) in [4.78, 5) is 35.3. The van der Waals surface area contributed by atoms with E-state index in [4.69, 9.17) is 29.4 Å². The van der Waals surface area contributed by atoms with E-state index < -0.39 is 36.6 Å². The van der Waals surface area contributed by atoms with Gasteiger partial charge in [-0.15, -0.1) is 0 Å². The molecule has 4 aliphatic heterocycles. The number of primary amides is 1. The van der Waals surface area contributed by atoms with Crippen LogP contribution in [-0.2, 0) is 23.7 Å². The van der Waals surface area contributed by atoms with Crippen LogP contribution in [-0.4, -0.2) is 72.5 Å². The lowest BCUT2D eigenvalue weighted by molar-refractivity contribution is -0.186. The largest absolute Gasteiger partial charge is 0.452 e. The average molecular weight is 408 g/mol. The number of nitrogens with two attached hydrogens (primary N) is 1. The zero-order chi connectivity index (χ0) is 20.5. The van der Waals surface area contributed by atoms with Crippen molar-refractivity contribution in [2.45, 2.75) is 50.5 Å². The van der Waals surface area contributed by atoms with Crippen LogP contribution < -0.4 is 20.9 Å². The maximum absolute atomic E-state index is 12.6. The van der Waals surface area contributed by atoms with Gasteiger partial charge in [-0.1, -0.05) is 0 Å². The van der Waals surface area contributed by atoms with Gasteiger partial charge in [0.1, 0.15) is 30.3 Å². The molecular formula is C16H20N6O7. The van der Waals surface area contributed by atoms with E-state index in [0.29, 0.717) is 5.82 Å². The lowest BCUT2D eigenvalue weighted by atomic mass is 10.1. The van der Waals surface area contributed by atoms with Crippen molar-refractivity contribution in [3.8, 4) is 0 Å². The SMILES string of the molecule is COC(=O)N1c2c(NC(N)=O)ncnc2N2[C@@H]3O[C@H](CO[C@@H]12)[C@H]1OC(C)(C)O[C@H]13. The fraction of sp³-hybridized carbons (Fsp3) is 0.625. The number of ether oxygens (including phenoxy) is 5. The second-order valence-electron chi connectivity index (χ2n) is 7.42. The Labute approximate surface area is 165 Å². The zero-order valence-electron chi connectivity index (χ0n) is 15.9. The highest BCUT2D eigenvalue weighted by molar-refractivity contribution is 6.03. The van der Waals surface area contributed by atoms with E-state index in [1.807, 2.05) is 13.8 Å². The molecule has 5 rings (SSSR count). The Kier molecular flexibility index (Phi) is 3.87. The first-order valence-corrected chi connectivity index (χ1v) is 9.00. The van der Waals surface area contributed by atoms with Crippen LogP contribution in [0.4, 0.5) is 26.9 Å². The molecule has 0 spiro atoms. The lowest BCUT2D eigenvalue weighted by Gasteiger charge is -2.34. The summed E-state index contributed by atoms with van der Waals surface area (Å²) >= 11 is 0. The predicted molar refractivity (Wildman–Crippen MR) is 94.8 cm³/mol.